The van der Waals surface area contributed by atoms with Crippen LogP contribution in [0, 0.1) is 0 Å². The summed E-state index contributed by atoms with van der Waals surface area (Å²) in [6.07, 6.45) is 1.19. The molecule has 104 valence electrons. The lowest BCUT2D eigenvalue weighted by Crippen LogP contribution is -2.41. The van der Waals surface area contributed by atoms with Crippen molar-refractivity contribution in [2.45, 2.75) is 57.1 Å². The van der Waals surface area contributed by atoms with Gasteiger partial charge in [0.2, 0.25) is 0 Å². The maximum Gasteiger partial charge on any atom is 0.494 e. The molecule has 1 aromatic rings. The zero-order chi connectivity index (χ0) is 14.1. The molecule has 2 nitrogen and oxygen atoms in total. The largest absolute Gasteiger partial charge is 0.494 e. The third kappa shape index (κ3) is 3.18. The van der Waals surface area contributed by atoms with E-state index in [1.54, 1.807) is 0 Å². The molecule has 0 aromatic heterocycles. The van der Waals surface area contributed by atoms with E-state index in [1.807, 2.05) is 11.8 Å². The van der Waals surface area contributed by atoms with E-state index in [9.17, 15) is 0 Å². The molecule has 19 heavy (non-hydrogen) atoms. The topological polar surface area (TPSA) is 18.5 Å². The van der Waals surface area contributed by atoms with Crippen LogP contribution in [0.5, 0.6) is 0 Å². The van der Waals surface area contributed by atoms with Crippen molar-refractivity contribution in [3.05, 3.63) is 24.3 Å². The summed E-state index contributed by atoms with van der Waals surface area (Å²) in [4.78, 5) is 1.29. The van der Waals surface area contributed by atoms with Crippen LogP contribution in [0.1, 0.15) is 41.0 Å². The molecular formula is C15H23BO2S. The Hall–Kier alpha value is -0.445. The van der Waals surface area contributed by atoms with Gasteiger partial charge in [-0.2, -0.15) is 0 Å². The Balaban J connectivity index is 2.15. The fourth-order valence-electron chi connectivity index (χ4n) is 1.95. The summed E-state index contributed by atoms with van der Waals surface area (Å²) in [5.74, 6) is 1.15. The van der Waals surface area contributed by atoms with Crippen molar-refractivity contribution in [3.63, 3.8) is 0 Å². The Kier molecular flexibility index (Phi) is 4.33. The predicted octanol–water partition coefficient (Wildman–Crippen LogP) is 3.49. The molecule has 0 bridgehead atoms. The summed E-state index contributed by atoms with van der Waals surface area (Å²) in [5, 5.41) is 0. The molecule has 1 aromatic carbocycles. The number of hydrogen-bond acceptors (Lipinski definition) is 3. The molecule has 4 heteroatoms. The van der Waals surface area contributed by atoms with Crippen molar-refractivity contribution in [1.82, 2.24) is 0 Å². The van der Waals surface area contributed by atoms with Gasteiger partial charge in [0.25, 0.3) is 0 Å². The lowest BCUT2D eigenvalue weighted by molar-refractivity contribution is 0.00578. The van der Waals surface area contributed by atoms with Crippen molar-refractivity contribution in [2.75, 3.05) is 5.75 Å². The number of rotatable bonds is 4. The molecule has 0 saturated carbocycles. The third-order valence-corrected chi connectivity index (χ3v) is 5.06. The SMILES string of the molecule is CCCSc1cccc(B2OC(C)(C)C(C)(C)O2)c1. The first-order chi connectivity index (χ1) is 8.86. The molecule has 2 rings (SSSR count). The maximum absolute atomic E-state index is 6.08. The van der Waals surface area contributed by atoms with Crippen molar-refractivity contribution in [3.8, 4) is 0 Å². The molecule has 1 saturated heterocycles. The maximum atomic E-state index is 6.08. The molecule has 1 aliphatic rings. The number of benzene rings is 1. The van der Waals surface area contributed by atoms with E-state index in [0.717, 1.165) is 11.2 Å². The fraction of sp³-hybridized carbons (Fsp3) is 0.600. The summed E-state index contributed by atoms with van der Waals surface area (Å²) >= 11 is 1.88. The highest BCUT2D eigenvalue weighted by Gasteiger charge is 2.51. The van der Waals surface area contributed by atoms with Crippen LogP contribution in [-0.4, -0.2) is 24.1 Å². The van der Waals surface area contributed by atoms with E-state index in [4.69, 9.17) is 9.31 Å². The summed E-state index contributed by atoms with van der Waals surface area (Å²) in [7, 11) is -0.257. The van der Waals surface area contributed by atoms with Crippen molar-refractivity contribution in [1.29, 1.82) is 0 Å². The van der Waals surface area contributed by atoms with Crippen LogP contribution >= 0.6 is 11.8 Å². The highest BCUT2D eigenvalue weighted by Crippen LogP contribution is 2.36. The average Bonchev–Trinajstić information content (AvgIpc) is 2.56. The van der Waals surface area contributed by atoms with Crippen LogP contribution in [0.4, 0.5) is 0 Å². The van der Waals surface area contributed by atoms with Crippen LogP contribution in [-0.2, 0) is 9.31 Å². The van der Waals surface area contributed by atoms with Gasteiger partial charge in [-0.1, -0.05) is 19.1 Å². The first kappa shape index (κ1) is 15.0. The van der Waals surface area contributed by atoms with Crippen molar-refractivity contribution in [2.24, 2.45) is 0 Å². The van der Waals surface area contributed by atoms with Gasteiger partial charge in [0.15, 0.2) is 0 Å². The fourth-order valence-corrected chi connectivity index (χ4v) is 2.78. The molecule has 0 N–H and O–H groups in total. The van der Waals surface area contributed by atoms with Crippen LogP contribution < -0.4 is 5.46 Å². The minimum absolute atomic E-state index is 0.257. The Morgan fingerprint density at radius 3 is 2.32 bits per heavy atom. The smallest absolute Gasteiger partial charge is 0.399 e. The van der Waals surface area contributed by atoms with Gasteiger partial charge >= 0.3 is 7.12 Å². The Morgan fingerprint density at radius 2 is 1.74 bits per heavy atom. The summed E-state index contributed by atoms with van der Waals surface area (Å²) < 4.78 is 12.2. The van der Waals surface area contributed by atoms with E-state index in [1.165, 1.54) is 11.3 Å². The zero-order valence-electron chi connectivity index (χ0n) is 12.5. The molecule has 0 amide bonds. The normalized spacial score (nSPS) is 20.8. The lowest BCUT2D eigenvalue weighted by Gasteiger charge is -2.32. The first-order valence-corrected chi connectivity index (χ1v) is 7.93. The zero-order valence-corrected chi connectivity index (χ0v) is 13.3. The molecule has 0 atom stereocenters. The predicted molar refractivity (Wildman–Crippen MR) is 83.2 cm³/mol. The van der Waals surface area contributed by atoms with Crippen LogP contribution in [0.3, 0.4) is 0 Å². The monoisotopic (exact) mass is 278 g/mol. The molecular weight excluding hydrogens is 255 g/mol. The molecule has 1 heterocycles. The molecule has 1 aliphatic heterocycles. The standard InChI is InChI=1S/C15H23BO2S/c1-6-10-19-13-9-7-8-12(11-13)16-17-14(2,3)15(4,5)18-16/h7-9,11H,6,10H2,1-5H3. The Labute approximate surface area is 121 Å². The van der Waals surface area contributed by atoms with Gasteiger partial charge < -0.3 is 9.31 Å². The van der Waals surface area contributed by atoms with Gasteiger partial charge in [0.1, 0.15) is 0 Å². The van der Waals surface area contributed by atoms with Crippen molar-refractivity contribution < 1.29 is 9.31 Å². The van der Waals surface area contributed by atoms with Gasteiger partial charge in [-0.25, -0.2) is 0 Å². The second kappa shape index (κ2) is 5.51. The van der Waals surface area contributed by atoms with E-state index in [-0.39, 0.29) is 18.3 Å². The molecule has 0 unspecified atom stereocenters. The van der Waals surface area contributed by atoms with Crippen molar-refractivity contribution >= 4 is 24.3 Å². The highest BCUT2D eigenvalue weighted by atomic mass is 32.2. The Bertz CT molecular complexity index is 430. The second-order valence-electron chi connectivity index (χ2n) is 6.01. The second-order valence-corrected chi connectivity index (χ2v) is 7.18. The van der Waals surface area contributed by atoms with Gasteiger partial charge in [-0.15, -0.1) is 11.8 Å². The third-order valence-electron chi connectivity index (χ3n) is 3.86. The minimum Gasteiger partial charge on any atom is -0.399 e. The number of thioether (sulfide) groups is 1. The Morgan fingerprint density at radius 1 is 1.11 bits per heavy atom. The van der Waals surface area contributed by atoms with E-state index >= 15 is 0 Å². The average molecular weight is 278 g/mol. The first-order valence-electron chi connectivity index (χ1n) is 6.94. The molecule has 0 aliphatic carbocycles. The molecule has 0 spiro atoms. The van der Waals surface area contributed by atoms with E-state index in [2.05, 4.69) is 58.9 Å². The van der Waals surface area contributed by atoms with Crippen LogP contribution in [0.2, 0.25) is 0 Å². The summed E-state index contributed by atoms with van der Waals surface area (Å²) in [6.45, 7) is 10.5. The van der Waals surface area contributed by atoms with E-state index in [0.29, 0.717) is 0 Å². The molecule has 0 radical (unpaired) electrons. The molecule has 1 fully saturated rings. The van der Waals surface area contributed by atoms with Gasteiger partial charge in [-0.3, -0.25) is 0 Å². The van der Waals surface area contributed by atoms with Gasteiger partial charge in [0.05, 0.1) is 11.2 Å². The van der Waals surface area contributed by atoms with Crippen LogP contribution in [0.15, 0.2) is 29.2 Å². The van der Waals surface area contributed by atoms with Gasteiger partial charge in [-0.05, 0) is 57.5 Å². The van der Waals surface area contributed by atoms with Crippen LogP contribution in [0.25, 0.3) is 0 Å². The lowest BCUT2D eigenvalue weighted by atomic mass is 9.79. The minimum atomic E-state index is -0.274. The van der Waals surface area contributed by atoms with E-state index < -0.39 is 0 Å². The summed E-state index contributed by atoms with van der Waals surface area (Å²) in [5.41, 5.74) is 0.564. The summed E-state index contributed by atoms with van der Waals surface area (Å²) in [6, 6.07) is 8.49. The highest BCUT2D eigenvalue weighted by molar-refractivity contribution is 7.99. The van der Waals surface area contributed by atoms with Gasteiger partial charge in [0, 0.05) is 4.90 Å². The quantitative estimate of drug-likeness (QED) is 0.620. The number of hydrogen-bond donors (Lipinski definition) is 0.